The van der Waals surface area contributed by atoms with Crippen molar-refractivity contribution in [3.8, 4) is 0 Å². The Morgan fingerprint density at radius 2 is 1.83 bits per heavy atom. The predicted octanol–water partition coefficient (Wildman–Crippen LogP) is 8.00. The van der Waals surface area contributed by atoms with Gasteiger partial charge in [0.25, 0.3) is 0 Å². The zero-order valence-electron chi connectivity index (χ0n) is 19.2. The number of imidazole rings is 1. The number of anilines is 2. The Hall–Kier alpha value is -1.94. The van der Waals surface area contributed by atoms with Gasteiger partial charge in [0.2, 0.25) is 5.95 Å². The molecule has 0 aliphatic heterocycles. The summed E-state index contributed by atoms with van der Waals surface area (Å²) < 4.78 is 2.67. The van der Waals surface area contributed by atoms with E-state index in [1.807, 2.05) is 6.07 Å². The van der Waals surface area contributed by atoms with E-state index in [2.05, 4.69) is 98.7 Å². The molecular weight excluding hydrogens is 386 g/mol. The quantitative estimate of drug-likeness (QED) is 0.339. The zero-order valence-corrected chi connectivity index (χ0v) is 20.1. The van der Waals surface area contributed by atoms with Crippen molar-refractivity contribution in [1.29, 1.82) is 0 Å². The first kappa shape index (κ1) is 22.7. The maximum absolute atomic E-state index is 5.01. The van der Waals surface area contributed by atoms with Gasteiger partial charge in [0.15, 0.2) is 0 Å². The molecule has 0 saturated heterocycles. The molecular formula is C26H37N3S. The number of fused-ring (bicyclic) bond motifs is 1. The van der Waals surface area contributed by atoms with Crippen LogP contribution in [0.4, 0.5) is 11.6 Å². The predicted molar refractivity (Wildman–Crippen MR) is 134 cm³/mol. The lowest BCUT2D eigenvalue weighted by Gasteiger charge is -2.23. The zero-order chi connectivity index (χ0) is 21.6. The monoisotopic (exact) mass is 423 g/mol. The summed E-state index contributed by atoms with van der Waals surface area (Å²) in [5.74, 6) is 2.58. The Morgan fingerprint density at radius 1 is 1.07 bits per heavy atom. The van der Waals surface area contributed by atoms with E-state index in [4.69, 9.17) is 4.98 Å². The van der Waals surface area contributed by atoms with E-state index in [0.29, 0.717) is 10.7 Å². The van der Waals surface area contributed by atoms with Gasteiger partial charge in [-0.1, -0.05) is 71.7 Å². The number of benzene rings is 2. The molecule has 1 unspecified atom stereocenters. The lowest BCUT2D eigenvalue weighted by Crippen LogP contribution is -2.16. The normalized spacial score (nSPS) is 13.0. The number of nitrogens with one attached hydrogen (secondary N) is 1. The van der Waals surface area contributed by atoms with Gasteiger partial charge >= 0.3 is 0 Å². The second-order valence-corrected chi connectivity index (χ2v) is 10.7. The lowest BCUT2D eigenvalue weighted by molar-refractivity contribution is 0.624. The molecule has 3 aromatic rings. The van der Waals surface area contributed by atoms with Crippen molar-refractivity contribution >= 4 is 34.4 Å². The smallest absolute Gasteiger partial charge is 0.208 e. The summed E-state index contributed by atoms with van der Waals surface area (Å²) in [4.78, 5) is 5.01. The summed E-state index contributed by atoms with van der Waals surface area (Å²) in [6.07, 6.45) is 4.90. The van der Waals surface area contributed by atoms with Gasteiger partial charge in [-0.15, -0.1) is 0 Å². The van der Waals surface area contributed by atoms with Gasteiger partial charge in [0.1, 0.15) is 0 Å². The summed E-state index contributed by atoms with van der Waals surface area (Å²) in [6, 6.07) is 17.2. The van der Waals surface area contributed by atoms with Gasteiger partial charge in [-0.05, 0) is 48.6 Å². The third-order valence-electron chi connectivity index (χ3n) is 5.75. The number of hydrogen-bond acceptors (Lipinski definition) is 3. The molecule has 1 heterocycles. The van der Waals surface area contributed by atoms with Gasteiger partial charge in [0, 0.05) is 22.7 Å². The van der Waals surface area contributed by atoms with E-state index in [-0.39, 0.29) is 0 Å². The van der Waals surface area contributed by atoms with Gasteiger partial charge < -0.3 is 9.88 Å². The van der Waals surface area contributed by atoms with E-state index < -0.39 is 0 Å². The van der Waals surface area contributed by atoms with Crippen LogP contribution in [-0.2, 0) is 6.54 Å². The third kappa shape index (κ3) is 5.81. The van der Waals surface area contributed by atoms with Crippen molar-refractivity contribution in [2.24, 2.45) is 0 Å². The highest BCUT2D eigenvalue weighted by Gasteiger charge is 2.18. The number of aryl methyl sites for hydroxylation is 1. The topological polar surface area (TPSA) is 29.9 Å². The third-order valence-corrected chi connectivity index (χ3v) is 7.12. The first-order valence-electron chi connectivity index (χ1n) is 11.4. The minimum absolute atomic E-state index is 0.320. The number of para-hydroxylation sites is 1. The van der Waals surface area contributed by atoms with Crippen LogP contribution < -0.4 is 5.32 Å². The molecule has 1 atom stereocenters. The van der Waals surface area contributed by atoms with E-state index in [1.54, 1.807) is 0 Å². The lowest BCUT2D eigenvalue weighted by atomic mass is 9.96. The van der Waals surface area contributed by atoms with Crippen LogP contribution in [0.15, 0.2) is 48.5 Å². The number of nitrogens with zero attached hydrogens (tertiary/aromatic N) is 2. The van der Waals surface area contributed by atoms with Crippen LogP contribution in [0.2, 0.25) is 0 Å². The summed E-state index contributed by atoms with van der Waals surface area (Å²) in [7, 11) is 0. The molecule has 2 aromatic carbocycles. The fourth-order valence-electron chi connectivity index (χ4n) is 4.11. The van der Waals surface area contributed by atoms with Crippen LogP contribution in [0.1, 0.15) is 71.8 Å². The second-order valence-electron chi connectivity index (χ2n) is 8.87. The van der Waals surface area contributed by atoms with Crippen LogP contribution in [0, 0.1) is 0 Å². The molecule has 0 aliphatic carbocycles. The summed E-state index contributed by atoms with van der Waals surface area (Å²) in [6.45, 7) is 12.5. The fourth-order valence-corrected chi connectivity index (χ4v) is 5.29. The van der Waals surface area contributed by atoms with Crippen LogP contribution in [-0.4, -0.2) is 20.1 Å². The standard InChI is InChI=1S/C26H37N3S/c1-6-11-20(3)21-14-15-24-23(19-21)28-25(27-22-12-9-8-10-13-22)29(24)17-18-30-26(4,5)16-7-2/h8-10,12-15,19-20H,6-7,11,16-18H2,1-5H3,(H,27,28). The van der Waals surface area contributed by atoms with E-state index >= 15 is 0 Å². The molecule has 1 aromatic heterocycles. The Labute approximate surface area is 186 Å². The number of thioether (sulfide) groups is 1. The number of aromatic nitrogens is 2. The Morgan fingerprint density at radius 3 is 2.53 bits per heavy atom. The van der Waals surface area contributed by atoms with Crippen LogP contribution in [0.25, 0.3) is 11.0 Å². The highest BCUT2D eigenvalue weighted by molar-refractivity contribution is 8.00. The summed E-state index contributed by atoms with van der Waals surface area (Å²) in [5, 5.41) is 3.55. The maximum Gasteiger partial charge on any atom is 0.208 e. The summed E-state index contributed by atoms with van der Waals surface area (Å²) in [5.41, 5.74) is 4.77. The van der Waals surface area contributed by atoms with Crippen molar-refractivity contribution < 1.29 is 0 Å². The average molecular weight is 424 g/mol. The van der Waals surface area contributed by atoms with Crippen molar-refractivity contribution in [2.45, 2.75) is 77.5 Å². The minimum atomic E-state index is 0.320. The van der Waals surface area contributed by atoms with Gasteiger partial charge in [0.05, 0.1) is 11.0 Å². The molecule has 0 amide bonds. The highest BCUT2D eigenvalue weighted by Crippen LogP contribution is 2.32. The fraction of sp³-hybridized carbons (Fsp3) is 0.500. The Balaban J connectivity index is 1.89. The van der Waals surface area contributed by atoms with Gasteiger partial charge in [-0.25, -0.2) is 4.98 Å². The number of hydrogen-bond donors (Lipinski definition) is 1. The molecule has 0 saturated carbocycles. The summed E-state index contributed by atoms with van der Waals surface area (Å²) >= 11 is 2.06. The maximum atomic E-state index is 5.01. The number of rotatable bonds is 11. The average Bonchev–Trinajstić information content (AvgIpc) is 3.05. The van der Waals surface area contributed by atoms with E-state index in [0.717, 1.165) is 29.5 Å². The molecule has 3 rings (SSSR count). The first-order chi connectivity index (χ1) is 14.4. The molecule has 30 heavy (non-hydrogen) atoms. The van der Waals surface area contributed by atoms with Crippen LogP contribution in [0.3, 0.4) is 0 Å². The van der Waals surface area contributed by atoms with Crippen LogP contribution in [0.5, 0.6) is 0 Å². The molecule has 1 N–H and O–H groups in total. The molecule has 3 nitrogen and oxygen atoms in total. The van der Waals surface area contributed by atoms with E-state index in [1.165, 1.54) is 36.8 Å². The van der Waals surface area contributed by atoms with Crippen molar-refractivity contribution in [3.63, 3.8) is 0 Å². The Kier molecular flexibility index (Phi) is 7.87. The SMILES string of the molecule is CCCC(C)c1ccc2c(c1)nc(Nc1ccccc1)n2CCSC(C)(C)CCC. The minimum Gasteiger partial charge on any atom is -0.326 e. The largest absolute Gasteiger partial charge is 0.326 e. The first-order valence-corrected chi connectivity index (χ1v) is 12.4. The van der Waals surface area contributed by atoms with Crippen LogP contribution >= 0.6 is 11.8 Å². The van der Waals surface area contributed by atoms with Crippen molar-refractivity contribution in [2.75, 3.05) is 11.1 Å². The molecule has 0 spiro atoms. The molecule has 0 radical (unpaired) electrons. The molecule has 0 fully saturated rings. The highest BCUT2D eigenvalue weighted by atomic mass is 32.2. The van der Waals surface area contributed by atoms with E-state index in [9.17, 15) is 0 Å². The Bertz CT molecular complexity index is 930. The molecule has 0 aliphatic rings. The second kappa shape index (κ2) is 10.4. The molecule has 162 valence electrons. The van der Waals surface area contributed by atoms with Gasteiger partial charge in [-0.3, -0.25) is 0 Å². The van der Waals surface area contributed by atoms with Crippen molar-refractivity contribution in [3.05, 3.63) is 54.1 Å². The molecule has 4 heteroatoms. The van der Waals surface area contributed by atoms with Gasteiger partial charge in [-0.2, -0.15) is 11.8 Å². The molecule has 0 bridgehead atoms. The van der Waals surface area contributed by atoms with Crippen molar-refractivity contribution in [1.82, 2.24) is 9.55 Å².